The monoisotopic (exact) mass is 195 g/mol. The Labute approximate surface area is 84.7 Å². The van der Waals surface area contributed by atoms with Crippen LogP contribution in [0.15, 0.2) is 18.3 Å². The summed E-state index contributed by atoms with van der Waals surface area (Å²) in [6, 6.07) is 4.10. The third-order valence-electron chi connectivity index (χ3n) is 2.32. The Bertz CT molecular complexity index is 273. The van der Waals surface area contributed by atoms with E-state index in [1.807, 2.05) is 24.1 Å². The summed E-state index contributed by atoms with van der Waals surface area (Å²) in [5.41, 5.74) is 5.57. The summed E-state index contributed by atoms with van der Waals surface area (Å²) >= 11 is 0. The van der Waals surface area contributed by atoms with Crippen LogP contribution in [-0.2, 0) is 0 Å². The third-order valence-corrected chi connectivity index (χ3v) is 2.32. The van der Waals surface area contributed by atoms with Crippen LogP contribution in [0.25, 0.3) is 0 Å². The number of pyridine rings is 1. The lowest BCUT2D eigenvalue weighted by Gasteiger charge is -2.24. The number of anilines is 1. The van der Waals surface area contributed by atoms with E-state index in [9.17, 15) is 0 Å². The van der Waals surface area contributed by atoms with E-state index in [0.29, 0.717) is 6.54 Å². The zero-order valence-electron chi connectivity index (χ0n) is 8.90. The van der Waals surface area contributed by atoms with E-state index < -0.39 is 0 Å². The van der Waals surface area contributed by atoms with Gasteiger partial charge >= 0.3 is 0 Å². The van der Waals surface area contributed by atoms with Gasteiger partial charge in [-0.25, -0.2) is 4.98 Å². The molecule has 2 N–H and O–H groups in total. The van der Waals surface area contributed by atoms with Crippen LogP contribution in [0.4, 0.5) is 5.82 Å². The van der Waals surface area contributed by atoms with Crippen LogP contribution in [0.1, 0.15) is 6.92 Å². The summed E-state index contributed by atoms with van der Waals surface area (Å²) in [4.78, 5) is 6.30. The lowest BCUT2D eigenvalue weighted by atomic mass is 10.3. The highest BCUT2D eigenvalue weighted by molar-refractivity contribution is 5.40. The van der Waals surface area contributed by atoms with Gasteiger partial charge in [0.05, 0.1) is 13.3 Å². The van der Waals surface area contributed by atoms with Gasteiger partial charge in [-0.1, -0.05) is 0 Å². The third kappa shape index (κ3) is 2.35. The maximum Gasteiger partial charge on any atom is 0.137 e. The largest absolute Gasteiger partial charge is 0.495 e. The van der Waals surface area contributed by atoms with E-state index in [0.717, 1.165) is 11.6 Å². The highest BCUT2D eigenvalue weighted by atomic mass is 16.5. The van der Waals surface area contributed by atoms with Gasteiger partial charge in [-0.05, 0) is 19.1 Å². The standard InChI is InChI=1S/C10H17N3O/c1-8(6-11)13(2)10-5-4-9(14-3)7-12-10/h4-5,7-8H,6,11H2,1-3H3. The molecule has 0 radical (unpaired) electrons. The molecule has 14 heavy (non-hydrogen) atoms. The van der Waals surface area contributed by atoms with Crippen molar-refractivity contribution in [2.45, 2.75) is 13.0 Å². The van der Waals surface area contributed by atoms with Crippen molar-refractivity contribution >= 4 is 5.82 Å². The molecule has 0 aromatic carbocycles. The molecule has 0 aliphatic carbocycles. The molecule has 0 spiro atoms. The fraction of sp³-hybridized carbons (Fsp3) is 0.500. The van der Waals surface area contributed by atoms with Gasteiger partial charge in [0.15, 0.2) is 0 Å². The van der Waals surface area contributed by atoms with E-state index in [2.05, 4.69) is 11.9 Å². The van der Waals surface area contributed by atoms with Crippen molar-refractivity contribution in [3.63, 3.8) is 0 Å². The summed E-state index contributed by atoms with van der Waals surface area (Å²) in [5, 5.41) is 0. The molecule has 4 heteroatoms. The van der Waals surface area contributed by atoms with Gasteiger partial charge in [0, 0.05) is 19.6 Å². The van der Waals surface area contributed by atoms with E-state index in [1.54, 1.807) is 13.3 Å². The molecule has 78 valence electrons. The molecule has 1 aromatic rings. The zero-order chi connectivity index (χ0) is 10.6. The van der Waals surface area contributed by atoms with Crippen LogP contribution in [0.5, 0.6) is 5.75 Å². The first-order valence-electron chi connectivity index (χ1n) is 4.62. The first kappa shape index (κ1) is 10.8. The second-order valence-corrected chi connectivity index (χ2v) is 3.25. The molecule has 0 saturated carbocycles. The van der Waals surface area contributed by atoms with Crippen molar-refractivity contribution in [2.24, 2.45) is 5.73 Å². The Kier molecular flexibility index (Phi) is 3.71. The molecule has 0 aliphatic heterocycles. The number of likely N-dealkylation sites (N-methyl/N-ethyl adjacent to an activating group) is 1. The van der Waals surface area contributed by atoms with Crippen molar-refractivity contribution in [1.29, 1.82) is 0 Å². The van der Waals surface area contributed by atoms with Crippen molar-refractivity contribution in [2.75, 3.05) is 25.6 Å². The van der Waals surface area contributed by atoms with Crippen LogP contribution in [0.3, 0.4) is 0 Å². The van der Waals surface area contributed by atoms with E-state index in [4.69, 9.17) is 10.5 Å². The molecular formula is C10H17N3O. The van der Waals surface area contributed by atoms with Crippen LogP contribution in [-0.4, -0.2) is 31.7 Å². The summed E-state index contributed by atoms with van der Waals surface area (Å²) in [6.07, 6.45) is 1.70. The quantitative estimate of drug-likeness (QED) is 0.774. The summed E-state index contributed by atoms with van der Waals surface area (Å²) in [5.74, 6) is 1.67. The van der Waals surface area contributed by atoms with Gasteiger partial charge in [0.25, 0.3) is 0 Å². The van der Waals surface area contributed by atoms with Crippen molar-refractivity contribution in [1.82, 2.24) is 4.98 Å². The summed E-state index contributed by atoms with van der Waals surface area (Å²) in [7, 11) is 3.61. The van der Waals surface area contributed by atoms with Crippen LogP contribution < -0.4 is 15.4 Å². The molecule has 0 aliphatic rings. The highest BCUT2D eigenvalue weighted by Crippen LogP contribution is 2.15. The average Bonchev–Trinajstić information content (AvgIpc) is 2.27. The normalized spacial score (nSPS) is 12.3. The maximum atomic E-state index is 5.57. The second-order valence-electron chi connectivity index (χ2n) is 3.25. The highest BCUT2D eigenvalue weighted by Gasteiger charge is 2.08. The molecule has 1 atom stereocenters. The molecule has 0 bridgehead atoms. The minimum Gasteiger partial charge on any atom is -0.495 e. The Morgan fingerprint density at radius 2 is 2.29 bits per heavy atom. The number of hydrogen-bond donors (Lipinski definition) is 1. The Hall–Kier alpha value is -1.29. The molecule has 1 rings (SSSR count). The van der Waals surface area contributed by atoms with Gasteiger partial charge in [0.2, 0.25) is 0 Å². The van der Waals surface area contributed by atoms with Crippen LogP contribution >= 0.6 is 0 Å². The molecule has 1 aromatic heterocycles. The molecule has 1 heterocycles. The SMILES string of the molecule is COc1ccc(N(C)C(C)CN)nc1. The lowest BCUT2D eigenvalue weighted by Crippen LogP contribution is -2.35. The zero-order valence-corrected chi connectivity index (χ0v) is 8.90. The van der Waals surface area contributed by atoms with Gasteiger partial charge < -0.3 is 15.4 Å². The lowest BCUT2D eigenvalue weighted by molar-refractivity contribution is 0.413. The van der Waals surface area contributed by atoms with Crippen molar-refractivity contribution in [3.8, 4) is 5.75 Å². The fourth-order valence-electron chi connectivity index (χ4n) is 1.09. The topological polar surface area (TPSA) is 51.4 Å². The second kappa shape index (κ2) is 4.81. The molecule has 4 nitrogen and oxygen atoms in total. The first-order chi connectivity index (χ1) is 6.69. The van der Waals surface area contributed by atoms with Gasteiger partial charge in [-0.2, -0.15) is 0 Å². The van der Waals surface area contributed by atoms with Crippen LogP contribution in [0.2, 0.25) is 0 Å². The minimum absolute atomic E-state index is 0.288. The molecule has 0 saturated heterocycles. The van der Waals surface area contributed by atoms with Gasteiger partial charge in [0.1, 0.15) is 11.6 Å². The van der Waals surface area contributed by atoms with Crippen molar-refractivity contribution in [3.05, 3.63) is 18.3 Å². The van der Waals surface area contributed by atoms with E-state index >= 15 is 0 Å². The average molecular weight is 195 g/mol. The van der Waals surface area contributed by atoms with E-state index in [1.165, 1.54) is 0 Å². The number of aromatic nitrogens is 1. The Morgan fingerprint density at radius 1 is 1.57 bits per heavy atom. The summed E-state index contributed by atoms with van der Waals surface area (Å²) < 4.78 is 5.03. The Balaban J connectivity index is 2.75. The van der Waals surface area contributed by atoms with Gasteiger partial charge in [-0.15, -0.1) is 0 Å². The Morgan fingerprint density at radius 3 is 2.71 bits per heavy atom. The fourth-order valence-corrected chi connectivity index (χ4v) is 1.09. The molecule has 1 unspecified atom stereocenters. The predicted molar refractivity (Wildman–Crippen MR) is 57.7 cm³/mol. The number of ether oxygens (including phenoxy) is 1. The number of hydrogen-bond acceptors (Lipinski definition) is 4. The van der Waals surface area contributed by atoms with Crippen LogP contribution in [0, 0.1) is 0 Å². The summed E-state index contributed by atoms with van der Waals surface area (Å²) in [6.45, 7) is 2.68. The maximum absolute atomic E-state index is 5.57. The predicted octanol–water partition coefficient (Wildman–Crippen LogP) is 0.874. The number of rotatable bonds is 4. The smallest absolute Gasteiger partial charge is 0.137 e. The molecular weight excluding hydrogens is 178 g/mol. The minimum atomic E-state index is 0.288. The number of methoxy groups -OCH3 is 1. The van der Waals surface area contributed by atoms with E-state index in [-0.39, 0.29) is 6.04 Å². The van der Waals surface area contributed by atoms with Crippen molar-refractivity contribution < 1.29 is 4.74 Å². The van der Waals surface area contributed by atoms with Gasteiger partial charge in [-0.3, -0.25) is 0 Å². The number of nitrogens with zero attached hydrogens (tertiary/aromatic N) is 2. The molecule has 0 fully saturated rings. The number of nitrogens with two attached hydrogens (primary N) is 1. The first-order valence-corrected chi connectivity index (χ1v) is 4.62. The molecule has 0 amide bonds.